The molecule has 3 rings (SSSR count). The highest BCUT2D eigenvalue weighted by molar-refractivity contribution is 5.88. The molecule has 1 fully saturated rings. The van der Waals surface area contributed by atoms with Crippen molar-refractivity contribution in [1.29, 1.82) is 0 Å². The van der Waals surface area contributed by atoms with Crippen LogP contribution in [0.2, 0.25) is 0 Å². The van der Waals surface area contributed by atoms with Crippen molar-refractivity contribution in [3.05, 3.63) is 47.8 Å². The number of nitrogens with zero attached hydrogens (tertiary/aromatic N) is 3. The summed E-state index contributed by atoms with van der Waals surface area (Å²) < 4.78 is 34.2. The van der Waals surface area contributed by atoms with E-state index in [0.717, 1.165) is 12.1 Å². The fourth-order valence-corrected chi connectivity index (χ4v) is 3.69. The second kappa shape index (κ2) is 9.96. The molecule has 2 aromatic rings. The molecule has 186 valence electrons. The monoisotopic (exact) mass is 479 g/mol. The van der Waals surface area contributed by atoms with Gasteiger partial charge in [-0.05, 0) is 46.6 Å². The maximum atomic E-state index is 14.0. The van der Waals surface area contributed by atoms with Crippen LogP contribution in [0, 0.1) is 11.6 Å². The van der Waals surface area contributed by atoms with Gasteiger partial charge in [0.15, 0.2) is 0 Å². The third-order valence-electron chi connectivity index (χ3n) is 5.45. The van der Waals surface area contributed by atoms with E-state index in [1.54, 1.807) is 15.8 Å². The summed E-state index contributed by atoms with van der Waals surface area (Å²) in [7, 11) is 0. The van der Waals surface area contributed by atoms with Crippen molar-refractivity contribution in [3.63, 3.8) is 0 Å². The molecule has 0 aliphatic carbocycles. The Kier molecular flexibility index (Phi) is 7.44. The van der Waals surface area contributed by atoms with Gasteiger partial charge in [-0.25, -0.2) is 18.4 Å². The van der Waals surface area contributed by atoms with Crippen molar-refractivity contribution >= 4 is 17.8 Å². The van der Waals surface area contributed by atoms with Gasteiger partial charge in [0.1, 0.15) is 22.8 Å². The molecule has 1 aliphatic heterocycles. The number of nitrogens with one attached hydrogen (secondary N) is 2. The van der Waals surface area contributed by atoms with Gasteiger partial charge < -0.3 is 25.4 Å². The number of benzene rings is 1. The van der Waals surface area contributed by atoms with Crippen LogP contribution >= 0.6 is 0 Å². The second-order valence-electron chi connectivity index (χ2n) is 9.61. The van der Waals surface area contributed by atoms with Gasteiger partial charge in [0, 0.05) is 30.9 Å². The van der Waals surface area contributed by atoms with E-state index in [4.69, 9.17) is 4.74 Å². The van der Waals surface area contributed by atoms with Crippen molar-refractivity contribution < 1.29 is 28.2 Å². The molecule has 3 amide bonds. The van der Waals surface area contributed by atoms with Crippen molar-refractivity contribution in [2.75, 3.05) is 25.0 Å². The number of hydrogen-bond acceptors (Lipinski definition) is 5. The first-order chi connectivity index (χ1) is 15.8. The Bertz CT molecular complexity index is 1030. The number of piperidine rings is 1. The van der Waals surface area contributed by atoms with Gasteiger partial charge >= 0.3 is 12.1 Å². The maximum Gasteiger partial charge on any atom is 0.410 e. The Balaban J connectivity index is 1.49. The molecule has 1 atom stereocenters. The molecule has 0 spiro atoms. The minimum Gasteiger partial charge on any atom is -0.444 e. The van der Waals surface area contributed by atoms with Gasteiger partial charge in [0.25, 0.3) is 0 Å². The summed E-state index contributed by atoms with van der Waals surface area (Å²) in [6.45, 7) is 7.59. The van der Waals surface area contributed by atoms with E-state index in [9.17, 15) is 23.5 Å². The number of halogens is 2. The van der Waals surface area contributed by atoms with E-state index >= 15 is 0 Å². The number of aliphatic hydroxyl groups is 1. The maximum absolute atomic E-state index is 14.0. The number of carbonyl (C=O) groups excluding carboxylic acids is 2. The number of carbonyl (C=O) groups is 2. The molecule has 34 heavy (non-hydrogen) atoms. The summed E-state index contributed by atoms with van der Waals surface area (Å²) in [6.07, 6.45) is 4.24. The Morgan fingerprint density at radius 3 is 2.50 bits per heavy atom. The van der Waals surface area contributed by atoms with Gasteiger partial charge in [-0.3, -0.25) is 4.68 Å². The van der Waals surface area contributed by atoms with Gasteiger partial charge in [-0.15, -0.1) is 0 Å². The Hall–Kier alpha value is -3.21. The molecule has 1 aliphatic rings. The van der Waals surface area contributed by atoms with Crippen molar-refractivity contribution in [2.45, 2.75) is 57.8 Å². The fourth-order valence-electron chi connectivity index (χ4n) is 3.69. The first-order valence-electron chi connectivity index (χ1n) is 11.1. The summed E-state index contributed by atoms with van der Waals surface area (Å²) in [5, 5.41) is 19.9. The van der Waals surface area contributed by atoms with Crippen LogP contribution in [0.5, 0.6) is 0 Å². The number of amides is 3. The van der Waals surface area contributed by atoms with Crippen LogP contribution in [0.25, 0.3) is 0 Å². The van der Waals surface area contributed by atoms with E-state index in [1.165, 1.54) is 13.1 Å². The average Bonchev–Trinajstić information content (AvgIpc) is 3.19. The molecular weight excluding hydrogens is 448 g/mol. The summed E-state index contributed by atoms with van der Waals surface area (Å²) in [5.74, 6) is -1.65. The smallest absolute Gasteiger partial charge is 0.410 e. The van der Waals surface area contributed by atoms with Gasteiger partial charge in [-0.1, -0.05) is 6.07 Å². The van der Waals surface area contributed by atoms with Crippen LogP contribution in [0.3, 0.4) is 0 Å². The summed E-state index contributed by atoms with van der Waals surface area (Å²) in [4.78, 5) is 26.1. The lowest BCUT2D eigenvalue weighted by Crippen LogP contribution is -2.42. The Labute approximate surface area is 197 Å². The first-order valence-corrected chi connectivity index (χ1v) is 11.1. The first kappa shape index (κ1) is 25.4. The number of ether oxygens (including phenoxy) is 1. The predicted molar refractivity (Wildman–Crippen MR) is 121 cm³/mol. The molecule has 0 saturated carbocycles. The van der Waals surface area contributed by atoms with Gasteiger partial charge in [0.05, 0.1) is 24.5 Å². The van der Waals surface area contributed by atoms with Crippen LogP contribution in [0.15, 0.2) is 30.6 Å². The van der Waals surface area contributed by atoms with E-state index < -0.39 is 28.9 Å². The highest BCUT2D eigenvalue weighted by Crippen LogP contribution is 2.25. The normalized spacial score (nSPS) is 16.6. The zero-order chi connectivity index (χ0) is 25.1. The highest BCUT2D eigenvalue weighted by atomic mass is 19.1. The molecular formula is C23H31F2N5O4. The van der Waals surface area contributed by atoms with Crippen LogP contribution in [0.1, 0.15) is 52.1 Å². The molecule has 11 heteroatoms. The molecule has 3 N–H and O–H groups in total. The quantitative estimate of drug-likeness (QED) is 0.605. The lowest BCUT2D eigenvalue weighted by Gasteiger charge is -2.33. The average molecular weight is 480 g/mol. The third kappa shape index (κ3) is 6.66. The summed E-state index contributed by atoms with van der Waals surface area (Å²) in [6, 6.07) is 2.32. The number of hydrogen-bond donors (Lipinski definition) is 3. The predicted octanol–water partition coefficient (Wildman–Crippen LogP) is 3.76. The lowest BCUT2D eigenvalue weighted by atomic mass is 9.95. The molecule has 1 aromatic heterocycles. The number of likely N-dealkylation sites (tertiary alicyclic amines) is 1. The number of rotatable bonds is 5. The molecule has 1 saturated heterocycles. The molecule has 0 radical (unpaired) electrons. The van der Waals surface area contributed by atoms with Crippen molar-refractivity contribution in [3.8, 4) is 0 Å². The Morgan fingerprint density at radius 1 is 1.21 bits per heavy atom. The Morgan fingerprint density at radius 2 is 1.88 bits per heavy atom. The zero-order valence-electron chi connectivity index (χ0n) is 19.8. The van der Waals surface area contributed by atoms with Crippen LogP contribution in [-0.4, -0.2) is 57.1 Å². The van der Waals surface area contributed by atoms with Crippen molar-refractivity contribution in [2.24, 2.45) is 0 Å². The molecule has 1 unspecified atom stereocenters. The highest BCUT2D eigenvalue weighted by Gasteiger charge is 2.29. The minimum atomic E-state index is -1.73. The SMILES string of the molecule is CC(C)(C)OC(=O)N1CCC(n2cc(NC(=O)NCC(C)(O)c3ccc(F)cc3F)cn2)CC1. The summed E-state index contributed by atoms with van der Waals surface area (Å²) in [5.41, 5.74) is -1.96. The number of urea groups is 1. The number of anilines is 1. The molecule has 2 heterocycles. The van der Waals surface area contributed by atoms with E-state index in [-0.39, 0.29) is 24.2 Å². The minimum absolute atomic E-state index is 0.0690. The third-order valence-corrected chi connectivity index (χ3v) is 5.45. The molecule has 9 nitrogen and oxygen atoms in total. The second-order valence-corrected chi connectivity index (χ2v) is 9.61. The van der Waals surface area contributed by atoms with Crippen LogP contribution in [-0.2, 0) is 10.3 Å². The van der Waals surface area contributed by atoms with Crippen LogP contribution in [0.4, 0.5) is 24.1 Å². The van der Waals surface area contributed by atoms with Gasteiger partial charge in [-0.2, -0.15) is 5.10 Å². The fraction of sp³-hybridized carbons (Fsp3) is 0.522. The van der Waals surface area contributed by atoms with E-state index in [0.29, 0.717) is 37.7 Å². The van der Waals surface area contributed by atoms with Gasteiger partial charge in [0.2, 0.25) is 0 Å². The molecule has 0 bridgehead atoms. The van der Waals surface area contributed by atoms with Crippen LogP contribution < -0.4 is 10.6 Å². The zero-order valence-corrected chi connectivity index (χ0v) is 19.8. The standard InChI is InChI=1S/C23H31F2N5O4/c1-22(2,3)34-21(32)29-9-7-17(8-10-29)30-13-16(12-27-30)28-20(31)26-14-23(4,33)18-6-5-15(24)11-19(18)25/h5-6,11-13,17,33H,7-10,14H2,1-4H3,(H2,26,28,31). The largest absolute Gasteiger partial charge is 0.444 e. The van der Waals surface area contributed by atoms with E-state index in [2.05, 4.69) is 15.7 Å². The van der Waals surface area contributed by atoms with Crippen molar-refractivity contribution in [1.82, 2.24) is 20.0 Å². The summed E-state index contributed by atoms with van der Waals surface area (Å²) >= 11 is 0. The number of aromatic nitrogens is 2. The molecule has 1 aromatic carbocycles. The topological polar surface area (TPSA) is 109 Å². The van der Waals surface area contributed by atoms with E-state index in [1.807, 2.05) is 20.8 Å². The lowest BCUT2D eigenvalue weighted by molar-refractivity contribution is 0.0184.